The van der Waals surface area contributed by atoms with Crippen LogP contribution in [0.15, 0.2) is 60.7 Å². The number of rotatable bonds is 5. The number of hydrogen-bond donors (Lipinski definition) is 2. The van der Waals surface area contributed by atoms with E-state index in [1.165, 1.54) is 30.9 Å². The Balaban J connectivity index is 1.63. The summed E-state index contributed by atoms with van der Waals surface area (Å²) in [7, 11) is 1.27. The third-order valence-corrected chi connectivity index (χ3v) is 5.64. The van der Waals surface area contributed by atoms with Crippen LogP contribution in [0.4, 0.5) is 10.1 Å². The van der Waals surface area contributed by atoms with E-state index < -0.39 is 11.8 Å². The van der Waals surface area contributed by atoms with Crippen molar-refractivity contribution in [3.63, 3.8) is 0 Å². The molecule has 1 aliphatic rings. The highest BCUT2D eigenvalue weighted by Gasteiger charge is 2.31. The molecule has 154 valence electrons. The van der Waals surface area contributed by atoms with E-state index in [-0.39, 0.29) is 29.1 Å². The molecule has 2 atom stereocenters. The number of amides is 1. The van der Waals surface area contributed by atoms with Crippen molar-refractivity contribution >= 4 is 28.5 Å². The highest BCUT2D eigenvalue weighted by molar-refractivity contribution is 6.11. The minimum atomic E-state index is -0.619. The zero-order chi connectivity index (χ0) is 21.1. The SMILES string of the molecule is COC(=O)c1[nH]c2ccc(F)cc2c1NC(=O)[C@H]1CC=CC[C@H]1Cc1ccccc1. The Hall–Kier alpha value is -3.41. The predicted octanol–water partition coefficient (Wildman–Crippen LogP) is 4.86. The van der Waals surface area contributed by atoms with Crippen LogP contribution in [0.25, 0.3) is 10.9 Å². The molecule has 5 nitrogen and oxygen atoms in total. The lowest BCUT2D eigenvalue weighted by Crippen LogP contribution is -2.32. The first-order valence-electron chi connectivity index (χ1n) is 9.96. The van der Waals surface area contributed by atoms with E-state index in [4.69, 9.17) is 4.74 Å². The second-order valence-corrected chi connectivity index (χ2v) is 7.54. The molecule has 1 aromatic heterocycles. The maximum atomic E-state index is 13.9. The van der Waals surface area contributed by atoms with Crippen LogP contribution in [0.2, 0.25) is 0 Å². The average Bonchev–Trinajstić information content (AvgIpc) is 3.11. The van der Waals surface area contributed by atoms with Gasteiger partial charge in [-0.05, 0) is 48.9 Å². The van der Waals surface area contributed by atoms with Gasteiger partial charge >= 0.3 is 5.97 Å². The monoisotopic (exact) mass is 406 g/mol. The van der Waals surface area contributed by atoms with Crippen molar-refractivity contribution in [1.82, 2.24) is 4.98 Å². The normalized spacial score (nSPS) is 18.3. The molecule has 0 bridgehead atoms. The number of anilines is 1. The quantitative estimate of drug-likeness (QED) is 0.470. The maximum Gasteiger partial charge on any atom is 0.356 e. The molecule has 1 aliphatic carbocycles. The number of esters is 1. The van der Waals surface area contributed by atoms with Crippen molar-refractivity contribution in [3.8, 4) is 0 Å². The molecule has 0 aliphatic heterocycles. The number of allylic oxidation sites excluding steroid dienone is 2. The predicted molar refractivity (Wildman–Crippen MR) is 114 cm³/mol. The zero-order valence-corrected chi connectivity index (χ0v) is 16.7. The molecule has 0 spiro atoms. The fraction of sp³-hybridized carbons (Fsp3) is 0.250. The van der Waals surface area contributed by atoms with Crippen LogP contribution in [0.5, 0.6) is 0 Å². The van der Waals surface area contributed by atoms with E-state index in [2.05, 4.69) is 28.5 Å². The number of aromatic amines is 1. The van der Waals surface area contributed by atoms with E-state index in [0.29, 0.717) is 17.3 Å². The summed E-state index contributed by atoms with van der Waals surface area (Å²) in [6, 6.07) is 14.2. The van der Waals surface area contributed by atoms with Crippen molar-refractivity contribution in [2.45, 2.75) is 19.3 Å². The van der Waals surface area contributed by atoms with Gasteiger partial charge < -0.3 is 15.0 Å². The molecule has 0 saturated carbocycles. The summed E-state index contributed by atoms with van der Waals surface area (Å²) in [6.07, 6.45) is 6.34. The summed E-state index contributed by atoms with van der Waals surface area (Å²) in [6.45, 7) is 0. The molecule has 0 saturated heterocycles. The topological polar surface area (TPSA) is 71.2 Å². The van der Waals surface area contributed by atoms with Gasteiger partial charge in [0.25, 0.3) is 0 Å². The highest BCUT2D eigenvalue weighted by Crippen LogP contribution is 2.33. The number of hydrogen-bond acceptors (Lipinski definition) is 3. The van der Waals surface area contributed by atoms with Crippen molar-refractivity contribution in [2.24, 2.45) is 11.8 Å². The molecule has 1 amide bonds. The van der Waals surface area contributed by atoms with Gasteiger partial charge in [-0.1, -0.05) is 42.5 Å². The van der Waals surface area contributed by atoms with Crippen molar-refractivity contribution in [1.29, 1.82) is 0 Å². The molecule has 4 rings (SSSR count). The van der Waals surface area contributed by atoms with Crippen LogP contribution >= 0.6 is 0 Å². The van der Waals surface area contributed by atoms with E-state index in [1.807, 2.05) is 24.3 Å². The minimum Gasteiger partial charge on any atom is -0.464 e. The number of carbonyl (C=O) groups is 2. The van der Waals surface area contributed by atoms with Gasteiger partial charge in [0.1, 0.15) is 11.5 Å². The van der Waals surface area contributed by atoms with E-state index in [0.717, 1.165) is 12.8 Å². The van der Waals surface area contributed by atoms with Crippen LogP contribution < -0.4 is 5.32 Å². The molecular weight excluding hydrogens is 383 g/mol. The lowest BCUT2D eigenvalue weighted by molar-refractivity contribution is -0.121. The summed E-state index contributed by atoms with van der Waals surface area (Å²) >= 11 is 0. The first-order valence-corrected chi connectivity index (χ1v) is 9.96. The van der Waals surface area contributed by atoms with Gasteiger partial charge in [-0.3, -0.25) is 4.79 Å². The van der Waals surface area contributed by atoms with Crippen LogP contribution in [-0.2, 0) is 16.0 Å². The Kier molecular flexibility index (Phi) is 5.65. The lowest BCUT2D eigenvalue weighted by atomic mass is 9.78. The Morgan fingerprint density at radius 3 is 2.67 bits per heavy atom. The number of aromatic nitrogens is 1. The van der Waals surface area contributed by atoms with Gasteiger partial charge in [0, 0.05) is 16.8 Å². The fourth-order valence-electron chi connectivity index (χ4n) is 4.10. The summed E-state index contributed by atoms with van der Waals surface area (Å²) in [5.74, 6) is -1.36. The number of H-pyrrole nitrogens is 1. The average molecular weight is 406 g/mol. The molecule has 0 unspecified atom stereocenters. The van der Waals surface area contributed by atoms with E-state index in [9.17, 15) is 14.0 Å². The molecule has 2 N–H and O–H groups in total. The molecule has 0 fully saturated rings. The van der Waals surface area contributed by atoms with Gasteiger partial charge in [0.05, 0.1) is 12.8 Å². The number of halogens is 1. The summed E-state index contributed by atoms with van der Waals surface area (Å²) in [5, 5.41) is 3.33. The molecule has 6 heteroatoms. The third-order valence-electron chi connectivity index (χ3n) is 5.64. The standard InChI is InChI=1S/C24H23FN2O3/c1-30-24(29)22-21(19-14-17(25)11-12-20(19)26-22)27-23(28)18-10-6-5-9-16(18)13-15-7-3-2-4-8-15/h2-8,11-12,14,16,18,26H,9-10,13H2,1H3,(H,27,28)/t16-,18-/m0/s1. The summed E-state index contributed by atoms with van der Waals surface area (Å²) in [5.41, 5.74) is 2.10. The van der Waals surface area contributed by atoms with E-state index in [1.54, 1.807) is 0 Å². The number of carbonyl (C=O) groups excluding carboxylic acids is 2. The molecule has 1 heterocycles. The van der Waals surface area contributed by atoms with Gasteiger partial charge in [0.2, 0.25) is 5.91 Å². The van der Waals surface area contributed by atoms with Gasteiger partial charge in [-0.2, -0.15) is 0 Å². The fourth-order valence-corrected chi connectivity index (χ4v) is 4.10. The number of fused-ring (bicyclic) bond motifs is 1. The highest BCUT2D eigenvalue weighted by atomic mass is 19.1. The van der Waals surface area contributed by atoms with Crippen LogP contribution in [0, 0.1) is 17.7 Å². The Morgan fingerprint density at radius 1 is 1.13 bits per heavy atom. The number of benzene rings is 2. The Labute approximate surface area is 173 Å². The molecule has 30 heavy (non-hydrogen) atoms. The summed E-state index contributed by atoms with van der Waals surface area (Å²) in [4.78, 5) is 28.4. The smallest absolute Gasteiger partial charge is 0.356 e. The lowest BCUT2D eigenvalue weighted by Gasteiger charge is -2.27. The van der Waals surface area contributed by atoms with Gasteiger partial charge in [-0.25, -0.2) is 9.18 Å². The van der Waals surface area contributed by atoms with Crippen molar-refractivity contribution in [3.05, 3.63) is 77.8 Å². The number of ether oxygens (including phenoxy) is 1. The summed E-state index contributed by atoms with van der Waals surface area (Å²) < 4.78 is 18.7. The Bertz CT molecular complexity index is 1100. The molecule has 2 aromatic carbocycles. The second kappa shape index (κ2) is 8.53. The van der Waals surface area contributed by atoms with Crippen molar-refractivity contribution < 1.29 is 18.7 Å². The zero-order valence-electron chi connectivity index (χ0n) is 16.7. The maximum absolute atomic E-state index is 13.9. The Morgan fingerprint density at radius 2 is 1.90 bits per heavy atom. The largest absolute Gasteiger partial charge is 0.464 e. The van der Waals surface area contributed by atoms with E-state index >= 15 is 0 Å². The molecular formula is C24H23FN2O3. The minimum absolute atomic E-state index is 0.109. The van der Waals surface area contributed by atoms with Gasteiger partial charge in [-0.15, -0.1) is 0 Å². The first kappa shape index (κ1) is 19.9. The van der Waals surface area contributed by atoms with Crippen LogP contribution in [-0.4, -0.2) is 24.0 Å². The van der Waals surface area contributed by atoms with Gasteiger partial charge in [0.15, 0.2) is 0 Å². The first-order chi connectivity index (χ1) is 14.6. The van der Waals surface area contributed by atoms with Crippen LogP contribution in [0.3, 0.4) is 0 Å². The van der Waals surface area contributed by atoms with Crippen molar-refractivity contribution in [2.75, 3.05) is 12.4 Å². The molecule has 3 aromatic rings. The second-order valence-electron chi connectivity index (χ2n) is 7.54. The van der Waals surface area contributed by atoms with Crippen LogP contribution in [0.1, 0.15) is 28.9 Å². The number of nitrogens with one attached hydrogen (secondary N) is 2. The third kappa shape index (κ3) is 3.99. The number of methoxy groups -OCH3 is 1. The molecule has 0 radical (unpaired) electrons.